The van der Waals surface area contributed by atoms with Crippen LogP contribution in [0.2, 0.25) is 0 Å². The lowest BCUT2D eigenvalue weighted by Gasteiger charge is -2.23. The maximum atomic E-state index is 14.3. The molecular formula is C16H14F3N5. The van der Waals surface area contributed by atoms with Gasteiger partial charge in [-0.2, -0.15) is 5.10 Å². The van der Waals surface area contributed by atoms with Crippen LogP contribution in [0.3, 0.4) is 0 Å². The molecule has 5 nitrogen and oxygen atoms in total. The molecule has 2 atom stereocenters. The van der Waals surface area contributed by atoms with E-state index in [1.54, 1.807) is 11.6 Å². The van der Waals surface area contributed by atoms with E-state index in [2.05, 4.69) is 20.1 Å². The molecule has 0 aliphatic rings. The van der Waals surface area contributed by atoms with Gasteiger partial charge in [-0.1, -0.05) is 13.0 Å². The van der Waals surface area contributed by atoms with E-state index in [1.165, 1.54) is 24.8 Å². The molecule has 1 unspecified atom stereocenters. The molecule has 2 aromatic heterocycles. The summed E-state index contributed by atoms with van der Waals surface area (Å²) in [4.78, 5) is 11.8. The average Bonchev–Trinajstić information content (AvgIpc) is 3.06. The molecule has 0 aliphatic heterocycles. The summed E-state index contributed by atoms with van der Waals surface area (Å²) >= 11 is 0. The molecule has 2 heterocycles. The van der Waals surface area contributed by atoms with Crippen LogP contribution in [0.4, 0.5) is 13.2 Å². The van der Waals surface area contributed by atoms with Crippen molar-refractivity contribution in [1.29, 1.82) is 0 Å². The lowest BCUT2D eigenvalue weighted by Crippen LogP contribution is -2.19. The number of aromatic nitrogens is 5. The number of rotatable bonds is 5. The van der Waals surface area contributed by atoms with Gasteiger partial charge in [0.05, 0.1) is 18.9 Å². The Hall–Kier alpha value is -2.77. The number of halogens is 3. The lowest BCUT2D eigenvalue weighted by atomic mass is 9.86. The molecular weight excluding hydrogens is 319 g/mol. The first-order valence-electron chi connectivity index (χ1n) is 7.29. The van der Waals surface area contributed by atoms with Crippen molar-refractivity contribution < 1.29 is 13.2 Å². The quantitative estimate of drug-likeness (QED) is 0.720. The van der Waals surface area contributed by atoms with E-state index >= 15 is 0 Å². The summed E-state index contributed by atoms with van der Waals surface area (Å²) in [6, 6.07) is 3.43. The molecule has 1 aromatic carbocycles. The molecule has 0 N–H and O–H groups in total. The van der Waals surface area contributed by atoms with E-state index in [0.29, 0.717) is 17.9 Å². The lowest BCUT2D eigenvalue weighted by molar-refractivity contribution is 0.429. The van der Waals surface area contributed by atoms with Crippen molar-refractivity contribution in [2.75, 3.05) is 0 Å². The molecule has 124 valence electrons. The van der Waals surface area contributed by atoms with Gasteiger partial charge in [0.1, 0.15) is 30.1 Å². The molecule has 0 bridgehead atoms. The minimum atomic E-state index is -0.658. The fourth-order valence-corrected chi connectivity index (χ4v) is 2.59. The van der Waals surface area contributed by atoms with Gasteiger partial charge in [-0.25, -0.2) is 28.1 Å². The highest BCUT2D eigenvalue weighted by Crippen LogP contribution is 2.34. The van der Waals surface area contributed by atoms with Gasteiger partial charge >= 0.3 is 0 Å². The van der Waals surface area contributed by atoms with Crippen molar-refractivity contribution in [1.82, 2.24) is 24.7 Å². The summed E-state index contributed by atoms with van der Waals surface area (Å²) < 4.78 is 42.1. The number of hydrogen-bond acceptors (Lipinski definition) is 4. The molecule has 0 aliphatic carbocycles. The normalized spacial score (nSPS) is 13.7. The van der Waals surface area contributed by atoms with Crippen LogP contribution in [0, 0.1) is 17.5 Å². The highest BCUT2D eigenvalue weighted by molar-refractivity contribution is 5.25. The second-order valence-corrected chi connectivity index (χ2v) is 5.44. The molecule has 0 spiro atoms. The summed E-state index contributed by atoms with van der Waals surface area (Å²) in [5.74, 6) is -2.28. The topological polar surface area (TPSA) is 56.5 Å². The molecule has 0 saturated heterocycles. The Bertz CT molecular complexity index is 805. The van der Waals surface area contributed by atoms with Crippen LogP contribution < -0.4 is 0 Å². The van der Waals surface area contributed by atoms with Gasteiger partial charge in [0, 0.05) is 17.9 Å². The molecule has 0 radical (unpaired) electrons. The third-order valence-electron chi connectivity index (χ3n) is 3.86. The highest BCUT2D eigenvalue weighted by Gasteiger charge is 2.26. The first-order valence-corrected chi connectivity index (χ1v) is 7.29. The summed E-state index contributed by atoms with van der Waals surface area (Å²) in [7, 11) is 0. The van der Waals surface area contributed by atoms with Crippen molar-refractivity contribution in [3.63, 3.8) is 0 Å². The van der Waals surface area contributed by atoms with Crippen molar-refractivity contribution in [3.8, 4) is 0 Å². The van der Waals surface area contributed by atoms with Crippen LogP contribution in [0.15, 0.2) is 43.2 Å². The zero-order chi connectivity index (χ0) is 17.1. The van der Waals surface area contributed by atoms with Gasteiger partial charge in [0.25, 0.3) is 0 Å². The van der Waals surface area contributed by atoms with Gasteiger partial charge in [-0.05, 0) is 11.6 Å². The summed E-state index contributed by atoms with van der Waals surface area (Å²) in [6.07, 6.45) is 5.00. The smallest absolute Gasteiger partial charge is 0.159 e. The zero-order valence-electron chi connectivity index (χ0n) is 12.8. The van der Waals surface area contributed by atoms with Crippen LogP contribution in [0.1, 0.15) is 30.1 Å². The predicted octanol–water partition coefficient (Wildman–Crippen LogP) is 3.07. The summed E-state index contributed by atoms with van der Waals surface area (Å²) in [5.41, 5.74) is 0.312. The second kappa shape index (κ2) is 6.77. The van der Waals surface area contributed by atoms with Gasteiger partial charge in [0.15, 0.2) is 5.82 Å². The molecule has 3 aromatic rings. The Balaban J connectivity index is 1.99. The predicted molar refractivity (Wildman–Crippen MR) is 79.5 cm³/mol. The first kappa shape index (κ1) is 16.1. The Morgan fingerprint density at radius 2 is 1.83 bits per heavy atom. The second-order valence-electron chi connectivity index (χ2n) is 5.44. The van der Waals surface area contributed by atoms with E-state index in [9.17, 15) is 13.2 Å². The molecule has 24 heavy (non-hydrogen) atoms. The standard InChI is InChI=1S/C16H14F3N5/c1-10(16-21-5-12(18)6-22-16)14(7-24-9-20-8-23-24)13-3-2-11(17)4-15(13)19/h2-6,8-10,14H,7H2,1H3/t10-,14?/m0/s1. The molecule has 0 amide bonds. The fourth-order valence-electron chi connectivity index (χ4n) is 2.59. The molecule has 8 heteroatoms. The van der Waals surface area contributed by atoms with Crippen LogP contribution >= 0.6 is 0 Å². The fraction of sp³-hybridized carbons (Fsp3) is 0.250. The third kappa shape index (κ3) is 3.42. The largest absolute Gasteiger partial charge is 0.252 e. The van der Waals surface area contributed by atoms with E-state index in [4.69, 9.17) is 0 Å². The summed E-state index contributed by atoms with van der Waals surface area (Å²) in [6.45, 7) is 2.10. The monoisotopic (exact) mass is 333 g/mol. The van der Waals surface area contributed by atoms with Crippen molar-refractivity contribution in [2.45, 2.75) is 25.3 Å². The zero-order valence-corrected chi connectivity index (χ0v) is 12.8. The summed E-state index contributed by atoms with van der Waals surface area (Å²) in [5, 5.41) is 4.03. The van der Waals surface area contributed by atoms with Gasteiger partial charge < -0.3 is 0 Å². The van der Waals surface area contributed by atoms with Crippen molar-refractivity contribution >= 4 is 0 Å². The Morgan fingerprint density at radius 3 is 2.46 bits per heavy atom. The number of hydrogen-bond donors (Lipinski definition) is 0. The average molecular weight is 333 g/mol. The van der Waals surface area contributed by atoms with Crippen LogP contribution in [0.5, 0.6) is 0 Å². The Labute approximate surface area is 136 Å². The maximum absolute atomic E-state index is 14.3. The highest BCUT2D eigenvalue weighted by atomic mass is 19.1. The molecule has 0 saturated carbocycles. The number of nitrogens with zero attached hydrogens (tertiary/aromatic N) is 5. The molecule has 3 rings (SSSR count). The Morgan fingerprint density at radius 1 is 1.08 bits per heavy atom. The van der Waals surface area contributed by atoms with Crippen molar-refractivity contribution in [2.24, 2.45) is 0 Å². The van der Waals surface area contributed by atoms with Crippen LogP contribution in [-0.4, -0.2) is 24.7 Å². The minimum Gasteiger partial charge on any atom is -0.252 e. The Kier molecular flexibility index (Phi) is 4.54. The van der Waals surface area contributed by atoms with E-state index < -0.39 is 23.4 Å². The third-order valence-corrected chi connectivity index (χ3v) is 3.86. The van der Waals surface area contributed by atoms with E-state index in [-0.39, 0.29) is 5.92 Å². The van der Waals surface area contributed by atoms with Crippen molar-refractivity contribution in [3.05, 3.63) is 72.1 Å². The van der Waals surface area contributed by atoms with E-state index in [1.807, 2.05) is 0 Å². The van der Waals surface area contributed by atoms with Gasteiger partial charge in [0.2, 0.25) is 0 Å². The minimum absolute atomic E-state index is 0.296. The van der Waals surface area contributed by atoms with Gasteiger partial charge in [-0.15, -0.1) is 0 Å². The van der Waals surface area contributed by atoms with E-state index in [0.717, 1.165) is 18.5 Å². The maximum Gasteiger partial charge on any atom is 0.159 e. The first-order chi connectivity index (χ1) is 11.5. The SMILES string of the molecule is C[C@H](c1ncc(F)cn1)C(Cn1cncn1)c1ccc(F)cc1F. The number of benzene rings is 1. The molecule has 0 fully saturated rings. The van der Waals surface area contributed by atoms with Gasteiger partial charge in [-0.3, -0.25) is 4.68 Å². The van der Waals surface area contributed by atoms with Crippen LogP contribution in [-0.2, 0) is 6.54 Å². The van der Waals surface area contributed by atoms with Crippen LogP contribution in [0.25, 0.3) is 0 Å².